The molecule has 19 heavy (non-hydrogen) atoms. The summed E-state index contributed by atoms with van der Waals surface area (Å²) in [5, 5.41) is 4.68. The van der Waals surface area contributed by atoms with Crippen molar-refractivity contribution in [1.82, 2.24) is 10.6 Å². The largest absolute Gasteiger partial charge is 0.396 e. The number of nitrogen functional groups attached to an aromatic ring is 1. The number of carbonyl (C=O) groups excluding carboxylic acids is 2. The molecule has 0 aliphatic heterocycles. The van der Waals surface area contributed by atoms with E-state index >= 15 is 0 Å². The summed E-state index contributed by atoms with van der Waals surface area (Å²) in [5.74, 6) is -3.64. The highest BCUT2D eigenvalue weighted by atomic mass is 19.1. The van der Waals surface area contributed by atoms with Crippen molar-refractivity contribution in [3.05, 3.63) is 29.3 Å². The molecule has 104 valence electrons. The highest BCUT2D eigenvalue weighted by Gasteiger charge is 2.22. The summed E-state index contributed by atoms with van der Waals surface area (Å²) in [7, 11) is 0. The molecule has 2 amide bonds. The van der Waals surface area contributed by atoms with Gasteiger partial charge in [0.1, 0.15) is 17.4 Å². The molecule has 0 bridgehead atoms. The quantitative estimate of drug-likeness (QED) is 0.708. The van der Waals surface area contributed by atoms with Crippen LogP contribution in [0.1, 0.15) is 24.2 Å². The topological polar surface area (TPSA) is 84.2 Å². The zero-order valence-electron chi connectivity index (χ0n) is 10.6. The first-order valence-corrected chi connectivity index (χ1v) is 5.70. The monoisotopic (exact) mass is 271 g/mol. The van der Waals surface area contributed by atoms with Crippen LogP contribution in [0.4, 0.5) is 14.5 Å². The average Bonchev–Trinajstić information content (AvgIpc) is 2.34. The van der Waals surface area contributed by atoms with Gasteiger partial charge in [0.15, 0.2) is 5.82 Å². The summed E-state index contributed by atoms with van der Waals surface area (Å²) >= 11 is 0. The van der Waals surface area contributed by atoms with Crippen molar-refractivity contribution in [3.8, 4) is 0 Å². The molecule has 1 rings (SSSR count). The Morgan fingerprint density at radius 2 is 2.00 bits per heavy atom. The lowest BCUT2D eigenvalue weighted by Gasteiger charge is -2.14. The average molecular weight is 271 g/mol. The Bertz CT molecular complexity index is 506. The third kappa shape index (κ3) is 3.40. The molecule has 1 aromatic carbocycles. The van der Waals surface area contributed by atoms with Gasteiger partial charge in [0, 0.05) is 6.54 Å². The molecule has 0 aliphatic rings. The third-order valence-electron chi connectivity index (χ3n) is 2.44. The van der Waals surface area contributed by atoms with Gasteiger partial charge in [0.25, 0.3) is 5.91 Å². The SMILES string of the molecule is CCNC(=O)C(C)NC(=O)c1c(F)ccc(N)c1F. The fourth-order valence-corrected chi connectivity index (χ4v) is 1.44. The van der Waals surface area contributed by atoms with Crippen LogP contribution in [0.15, 0.2) is 12.1 Å². The Hall–Kier alpha value is -2.18. The summed E-state index contributed by atoms with van der Waals surface area (Å²) in [5.41, 5.74) is 4.13. The van der Waals surface area contributed by atoms with Crippen LogP contribution in [0.3, 0.4) is 0 Å². The van der Waals surface area contributed by atoms with Gasteiger partial charge in [-0.05, 0) is 26.0 Å². The first-order valence-electron chi connectivity index (χ1n) is 5.70. The Labute approximate surface area is 109 Å². The van der Waals surface area contributed by atoms with Crippen molar-refractivity contribution >= 4 is 17.5 Å². The van der Waals surface area contributed by atoms with E-state index in [4.69, 9.17) is 5.73 Å². The Morgan fingerprint density at radius 3 is 2.58 bits per heavy atom. The summed E-state index contributed by atoms with van der Waals surface area (Å²) in [6, 6.07) is 1.01. The van der Waals surface area contributed by atoms with Gasteiger partial charge >= 0.3 is 0 Å². The molecular weight excluding hydrogens is 256 g/mol. The van der Waals surface area contributed by atoms with Gasteiger partial charge in [-0.15, -0.1) is 0 Å². The van der Waals surface area contributed by atoms with Gasteiger partial charge in [-0.2, -0.15) is 0 Å². The number of rotatable bonds is 4. The Morgan fingerprint density at radius 1 is 1.37 bits per heavy atom. The Kier molecular flexibility index (Phi) is 4.80. The minimum atomic E-state index is -1.14. The van der Waals surface area contributed by atoms with Crippen LogP contribution in [0.2, 0.25) is 0 Å². The van der Waals surface area contributed by atoms with Crippen LogP contribution < -0.4 is 16.4 Å². The van der Waals surface area contributed by atoms with Gasteiger partial charge < -0.3 is 16.4 Å². The van der Waals surface area contributed by atoms with Gasteiger partial charge in [0.2, 0.25) is 5.91 Å². The lowest BCUT2D eigenvalue weighted by molar-refractivity contribution is -0.122. The minimum Gasteiger partial charge on any atom is -0.396 e. The highest BCUT2D eigenvalue weighted by Crippen LogP contribution is 2.18. The second-order valence-corrected chi connectivity index (χ2v) is 3.92. The number of hydrogen-bond acceptors (Lipinski definition) is 3. The molecule has 1 unspecified atom stereocenters. The zero-order valence-corrected chi connectivity index (χ0v) is 10.6. The maximum Gasteiger partial charge on any atom is 0.257 e. The minimum absolute atomic E-state index is 0.336. The second kappa shape index (κ2) is 6.12. The van der Waals surface area contributed by atoms with Crippen LogP contribution in [-0.2, 0) is 4.79 Å². The zero-order chi connectivity index (χ0) is 14.6. The molecule has 0 aliphatic carbocycles. The molecular formula is C12H15F2N3O2. The molecule has 0 heterocycles. The second-order valence-electron chi connectivity index (χ2n) is 3.92. The standard InChI is InChI=1S/C12H15F2N3O2/c1-3-16-11(18)6(2)17-12(19)9-7(13)4-5-8(15)10(9)14/h4-6H,3,15H2,1-2H3,(H,16,18)(H,17,19). The summed E-state index contributed by atoms with van der Waals surface area (Å²) in [6.07, 6.45) is 0. The number of benzene rings is 1. The van der Waals surface area contributed by atoms with Gasteiger partial charge in [0.05, 0.1) is 5.69 Å². The molecule has 0 radical (unpaired) electrons. The fourth-order valence-electron chi connectivity index (χ4n) is 1.44. The van der Waals surface area contributed by atoms with Gasteiger partial charge in [-0.3, -0.25) is 9.59 Å². The lowest BCUT2D eigenvalue weighted by atomic mass is 10.1. The normalized spacial score (nSPS) is 11.8. The number of hydrogen-bond donors (Lipinski definition) is 3. The number of likely N-dealkylation sites (N-methyl/N-ethyl adjacent to an activating group) is 1. The fraction of sp³-hybridized carbons (Fsp3) is 0.333. The lowest BCUT2D eigenvalue weighted by Crippen LogP contribution is -2.45. The van der Waals surface area contributed by atoms with Crippen molar-refractivity contribution in [1.29, 1.82) is 0 Å². The molecule has 1 aromatic rings. The molecule has 4 N–H and O–H groups in total. The molecule has 0 saturated heterocycles. The number of anilines is 1. The summed E-state index contributed by atoms with van der Waals surface area (Å²) < 4.78 is 27.0. The van der Waals surface area contributed by atoms with E-state index in [0.29, 0.717) is 6.54 Å². The predicted molar refractivity (Wildman–Crippen MR) is 66.4 cm³/mol. The van der Waals surface area contributed by atoms with Crippen LogP contribution in [0.25, 0.3) is 0 Å². The Balaban J connectivity index is 2.90. The summed E-state index contributed by atoms with van der Waals surface area (Å²) in [4.78, 5) is 23.1. The maximum absolute atomic E-state index is 13.6. The number of amides is 2. The number of nitrogens with two attached hydrogens (primary N) is 1. The molecule has 0 spiro atoms. The molecule has 0 aromatic heterocycles. The highest BCUT2D eigenvalue weighted by molar-refractivity contribution is 5.98. The smallest absolute Gasteiger partial charge is 0.257 e. The molecule has 5 nitrogen and oxygen atoms in total. The first kappa shape index (κ1) is 14.9. The van der Waals surface area contributed by atoms with Gasteiger partial charge in [-0.25, -0.2) is 8.78 Å². The maximum atomic E-state index is 13.6. The molecule has 1 atom stereocenters. The van der Waals surface area contributed by atoms with Crippen molar-refractivity contribution in [3.63, 3.8) is 0 Å². The molecule has 0 fully saturated rings. The number of nitrogens with one attached hydrogen (secondary N) is 2. The summed E-state index contributed by atoms with van der Waals surface area (Å²) in [6.45, 7) is 3.51. The predicted octanol–water partition coefficient (Wildman–Crippen LogP) is 0.801. The number of halogens is 2. The van der Waals surface area contributed by atoms with E-state index in [1.165, 1.54) is 6.92 Å². The van der Waals surface area contributed by atoms with E-state index in [9.17, 15) is 18.4 Å². The van der Waals surface area contributed by atoms with E-state index in [1.54, 1.807) is 6.92 Å². The molecule has 7 heteroatoms. The number of carbonyl (C=O) groups is 2. The van der Waals surface area contributed by atoms with E-state index in [0.717, 1.165) is 12.1 Å². The van der Waals surface area contributed by atoms with Crippen LogP contribution >= 0.6 is 0 Å². The van der Waals surface area contributed by atoms with E-state index in [1.807, 2.05) is 0 Å². The first-order chi connectivity index (χ1) is 8.88. The van der Waals surface area contributed by atoms with E-state index < -0.39 is 35.1 Å². The van der Waals surface area contributed by atoms with Gasteiger partial charge in [-0.1, -0.05) is 0 Å². The van der Waals surface area contributed by atoms with Crippen LogP contribution in [0.5, 0.6) is 0 Å². The van der Waals surface area contributed by atoms with Crippen LogP contribution in [0, 0.1) is 11.6 Å². The molecule has 0 saturated carbocycles. The van der Waals surface area contributed by atoms with Crippen molar-refractivity contribution in [2.45, 2.75) is 19.9 Å². The third-order valence-corrected chi connectivity index (χ3v) is 2.44. The van der Waals surface area contributed by atoms with Crippen molar-refractivity contribution in [2.24, 2.45) is 0 Å². The van der Waals surface area contributed by atoms with Crippen LogP contribution in [-0.4, -0.2) is 24.4 Å². The van der Waals surface area contributed by atoms with E-state index in [-0.39, 0.29) is 5.69 Å². The van der Waals surface area contributed by atoms with Crippen molar-refractivity contribution in [2.75, 3.05) is 12.3 Å². The van der Waals surface area contributed by atoms with Crippen molar-refractivity contribution < 1.29 is 18.4 Å². The van der Waals surface area contributed by atoms with E-state index in [2.05, 4.69) is 10.6 Å².